The highest BCUT2D eigenvalue weighted by Gasteiger charge is 2.27. The topological polar surface area (TPSA) is 74.8 Å². The first-order valence-electron chi connectivity index (χ1n) is 7.07. The van der Waals surface area contributed by atoms with Gasteiger partial charge in [-0.2, -0.15) is 0 Å². The number of benzene rings is 1. The largest absolute Gasteiger partial charge is 0.345 e. The molecular weight excluding hydrogens is 254 g/mol. The SMILES string of the molecule is CC(C)c1ccc(NC(=O)C[C@H]2[NH2+]CCNC2=O)cc1. The number of carbonyl (C=O) groups excluding carboxylic acids is 2. The number of piperazine rings is 1. The average Bonchev–Trinajstić information content (AvgIpc) is 2.42. The van der Waals surface area contributed by atoms with Crippen LogP contribution in [0.3, 0.4) is 0 Å². The number of quaternary nitrogens is 1. The van der Waals surface area contributed by atoms with E-state index < -0.39 is 0 Å². The first-order chi connectivity index (χ1) is 9.56. The molecule has 20 heavy (non-hydrogen) atoms. The first-order valence-corrected chi connectivity index (χ1v) is 7.07. The van der Waals surface area contributed by atoms with Crippen molar-refractivity contribution in [2.45, 2.75) is 32.2 Å². The van der Waals surface area contributed by atoms with Crippen molar-refractivity contribution in [3.63, 3.8) is 0 Å². The Bertz CT molecular complexity index is 482. The van der Waals surface area contributed by atoms with Gasteiger partial charge in [0, 0.05) is 5.69 Å². The van der Waals surface area contributed by atoms with Crippen molar-refractivity contribution in [3.8, 4) is 0 Å². The molecule has 1 aromatic carbocycles. The molecule has 1 fully saturated rings. The van der Waals surface area contributed by atoms with Crippen LogP contribution < -0.4 is 16.0 Å². The van der Waals surface area contributed by atoms with E-state index >= 15 is 0 Å². The van der Waals surface area contributed by atoms with Gasteiger partial charge >= 0.3 is 0 Å². The molecule has 0 radical (unpaired) electrons. The second-order valence-corrected chi connectivity index (χ2v) is 5.45. The smallest absolute Gasteiger partial charge is 0.278 e. The molecule has 1 aromatic rings. The molecule has 2 rings (SSSR count). The normalized spacial score (nSPS) is 18.8. The standard InChI is InChI=1S/C15H21N3O2/c1-10(2)11-3-5-12(6-4-11)18-14(19)9-13-15(20)17-8-7-16-13/h3-6,10,13,16H,7-9H2,1-2H3,(H,17,20)(H,18,19)/p+1/t13-/m1/s1. The van der Waals surface area contributed by atoms with E-state index in [0.29, 0.717) is 12.5 Å². The lowest BCUT2D eigenvalue weighted by atomic mass is 10.0. The third-order valence-electron chi connectivity index (χ3n) is 3.50. The second-order valence-electron chi connectivity index (χ2n) is 5.45. The van der Waals surface area contributed by atoms with Crippen molar-refractivity contribution in [2.24, 2.45) is 0 Å². The molecule has 0 bridgehead atoms. The zero-order valence-electron chi connectivity index (χ0n) is 12.0. The predicted molar refractivity (Wildman–Crippen MR) is 77.4 cm³/mol. The maximum atomic E-state index is 11.9. The molecule has 108 valence electrons. The van der Waals surface area contributed by atoms with Gasteiger partial charge in [0.1, 0.15) is 0 Å². The van der Waals surface area contributed by atoms with E-state index in [1.54, 1.807) is 0 Å². The van der Waals surface area contributed by atoms with Gasteiger partial charge in [0.05, 0.1) is 19.5 Å². The molecule has 1 heterocycles. The van der Waals surface area contributed by atoms with Gasteiger partial charge in [-0.25, -0.2) is 0 Å². The van der Waals surface area contributed by atoms with E-state index in [0.717, 1.165) is 12.2 Å². The third-order valence-corrected chi connectivity index (χ3v) is 3.50. The highest BCUT2D eigenvalue weighted by molar-refractivity contribution is 5.94. The summed E-state index contributed by atoms with van der Waals surface area (Å²) < 4.78 is 0. The van der Waals surface area contributed by atoms with Crippen molar-refractivity contribution in [2.75, 3.05) is 18.4 Å². The van der Waals surface area contributed by atoms with Gasteiger partial charge in [-0.05, 0) is 23.6 Å². The van der Waals surface area contributed by atoms with Gasteiger partial charge in [0.15, 0.2) is 6.04 Å². The van der Waals surface area contributed by atoms with Gasteiger partial charge in [0.2, 0.25) is 5.91 Å². The molecule has 2 amide bonds. The van der Waals surface area contributed by atoms with Crippen molar-refractivity contribution in [1.82, 2.24) is 5.32 Å². The van der Waals surface area contributed by atoms with Crippen molar-refractivity contribution in [1.29, 1.82) is 0 Å². The second kappa shape index (κ2) is 6.52. The molecule has 1 aliphatic rings. The van der Waals surface area contributed by atoms with E-state index in [-0.39, 0.29) is 24.3 Å². The minimum Gasteiger partial charge on any atom is -0.345 e. The Morgan fingerprint density at radius 3 is 2.70 bits per heavy atom. The molecule has 4 N–H and O–H groups in total. The number of carbonyl (C=O) groups is 2. The van der Waals surface area contributed by atoms with E-state index in [4.69, 9.17) is 0 Å². The van der Waals surface area contributed by atoms with E-state index in [1.807, 2.05) is 29.6 Å². The lowest BCUT2D eigenvalue weighted by molar-refractivity contribution is -0.678. The molecular formula is C15H22N3O2+. The number of rotatable bonds is 4. The number of anilines is 1. The molecule has 5 heteroatoms. The summed E-state index contributed by atoms with van der Waals surface area (Å²) in [7, 11) is 0. The minimum atomic E-state index is -0.307. The van der Waals surface area contributed by atoms with Gasteiger partial charge in [-0.15, -0.1) is 0 Å². The summed E-state index contributed by atoms with van der Waals surface area (Å²) >= 11 is 0. The lowest BCUT2D eigenvalue weighted by Crippen LogP contribution is -2.96. The van der Waals surface area contributed by atoms with Crippen LogP contribution in [0.4, 0.5) is 5.69 Å². The van der Waals surface area contributed by atoms with Crippen molar-refractivity contribution < 1.29 is 14.9 Å². The summed E-state index contributed by atoms with van der Waals surface area (Å²) in [6, 6.07) is 7.52. The molecule has 0 aliphatic carbocycles. The molecule has 0 spiro atoms. The van der Waals surface area contributed by atoms with Crippen LogP contribution in [0.15, 0.2) is 24.3 Å². The Hall–Kier alpha value is -1.88. The van der Waals surface area contributed by atoms with Crippen LogP contribution in [0.1, 0.15) is 31.7 Å². The van der Waals surface area contributed by atoms with Crippen LogP contribution >= 0.6 is 0 Å². The zero-order valence-corrected chi connectivity index (χ0v) is 12.0. The highest BCUT2D eigenvalue weighted by Crippen LogP contribution is 2.17. The molecule has 1 atom stereocenters. The van der Waals surface area contributed by atoms with Crippen LogP contribution in [0, 0.1) is 0 Å². The number of nitrogens with two attached hydrogens (primary N) is 1. The summed E-state index contributed by atoms with van der Waals surface area (Å²) in [5, 5.41) is 7.52. The first kappa shape index (κ1) is 14.5. The van der Waals surface area contributed by atoms with Crippen LogP contribution in [-0.2, 0) is 9.59 Å². The monoisotopic (exact) mass is 276 g/mol. The Kier molecular flexibility index (Phi) is 4.74. The third kappa shape index (κ3) is 3.81. The molecule has 0 unspecified atom stereocenters. The van der Waals surface area contributed by atoms with Crippen LogP contribution in [0.25, 0.3) is 0 Å². The molecule has 1 saturated heterocycles. The maximum Gasteiger partial charge on any atom is 0.278 e. The van der Waals surface area contributed by atoms with Crippen LogP contribution in [0.5, 0.6) is 0 Å². The van der Waals surface area contributed by atoms with Crippen molar-refractivity contribution >= 4 is 17.5 Å². The van der Waals surface area contributed by atoms with Gasteiger partial charge in [-0.1, -0.05) is 26.0 Å². The Morgan fingerprint density at radius 2 is 2.10 bits per heavy atom. The molecule has 5 nitrogen and oxygen atoms in total. The van der Waals surface area contributed by atoms with Gasteiger partial charge in [0.25, 0.3) is 5.91 Å². The number of hydrogen-bond acceptors (Lipinski definition) is 2. The maximum absolute atomic E-state index is 11.9. The van der Waals surface area contributed by atoms with E-state index in [2.05, 4.69) is 24.5 Å². The summed E-state index contributed by atoms with van der Waals surface area (Å²) in [6.07, 6.45) is 0.206. The number of amides is 2. The highest BCUT2D eigenvalue weighted by atomic mass is 16.2. The van der Waals surface area contributed by atoms with E-state index in [9.17, 15) is 9.59 Å². The lowest BCUT2D eigenvalue weighted by Gasteiger charge is -2.19. The fraction of sp³-hybridized carbons (Fsp3) is 0.467. The van der Waals surface area contributed by atoms with Gasteiger partial charge < -0.3 is 16.0 Å². The fourth-order valence-electron chi connectivity index (χ4n) is 2.26. The van der Waals surface area contributed by atoms with E-state index in [1.165, 1.54) is 5.56 Å². The van der Waals surface area contributed by atoms with Crippen molar-refractivity contribution in [3.05, 3.63) is 29.8 Å². The summed E-state index contributed by atoms with van der Waals surface area (Å²) in [4.78, 5) is 23.5. The minimum absolute atomic E-state index is 0.0541. The predicted octanol–water partition coefficient (Wildman–Crippen LogP) is 0.200. The quantitative estimate of drug-likeness (QED) is 0.735. The number of nitrogens with one attached hydrogen (secondary N) is 2. The van der Waals surface area contributed by atoms with Gasteiger partial charge in [-0.3, -0.25) is 9.59 Å². The Labute approximate surface area is 119 Å². The fourth-order valence-corrected chi connectivity index (χ4v) is 2.26. The molecule has 1 aliphatic heterocycles. The zero-order chi connectivity index (χ0) is 14.5. The summed E-state index contributed by atoms with van der Waals surface area (Å²) in [5.74, 6) is 0.294. The Balaban J connectivity index is 1.89. The van der Waals surface area contributed by atoms with Crippen LogP contribution in [0.2, 0.25) is 0 Å². The summed E-state index contributed by atoms with van der Waals surface area (Å²) in [5.41, 5.74) is 2.01. The summed E-state index contributed by atoms with van der Waals surface area (Å²) in [6.45, 7) is 5.76. The molecule has 0 aromatic heterocycles. The Morgan fingerprint density at radius 1 is 1.40 bits per heavy atom. The molecule has 0 saturated carbocycles. The number of hydrogen-bond donors (Lipinski definition) is 3. The van der Waals surface area contributed by atoms with Crippen LogP contribution in [-0.4, -0.2) is 30.9 Å². The average molecular weight is 276 g/mol.